The summed E-state index contributed by atoms with van der Waals surface area (Å²) in [5.74, 6) is 0.461. The minimum absolute atomic E-state index is 0.0306. The zero-order valence-electron chi connectivity index (χ0n) is 8.72. The Hall–Kier alpha value is -0.910. The van der Waals surface area contributed by atoms with Crippen molar-refractivity contribution in [2.45, 2.75) is 11.8 Å². The molecule has 0 saturated carbocycles. The van der Waals surface area contributed by atoms with Gasteiger partial charge in [-0.15, -0.1) is 5.10 Å². The Bertz CT molecular complexity index is 368. The Morgan fingerprint density at radius 2 is 2.33 bits per heavy atom. The monoisotopic (exact) mass is 272 g/mol. The van der Waals surface area contributed by atoms with Crippen molar-refractivity contribution in [1.29, 1.82) is 0 Å². The lowest BCUT2D eigenvalue weighted by Crippen LogP contribution is -2.29. The van der Waals surface area contributed by atoms with Gasteiger partial charge in [0.05, 0.1) is 6.20 Å². The van der Waals surface area contributed by atoms with E-state index in [1.165, 1.54) is 0 Å². The number of alkyl halides is 1. The van der Waals surface area contributed by atoms with Gasteiger partial charge in [-0.1, -0.05) is 28.1 Å². The van der Waals surface area contributed by atoms with Crippen molar-refractivity contribution >= 4 is 21.8 Å². The average molecular weight is 273 g/mol. The summed E-state index contributed by atoms with van der Waals surface area (Å²) >= 11 is 3.55. The lowest BCUT2D eigenvalue weighted by atomic mass is 10.2. The standard InChI is InChI=1S/C9H13BrN4O/c1-6-3-14(4-7(6)10)9(15)8-5-13(2)12-11-8/h5-7H,3-4H2,1-2H3. The lowest BCUT2D eigenvalue weighted by molar-refractivity contribution is 0.0782. The number of nitrogens with zero attached hydrogens (tertiary/aromatic N) is 4. The predicted octanol–water partition coefficient (Wildman–Crippen LogP) is 0.670. The van der Waals surface area contributed by atoms with E-state index in [2.05, 4.69) is 33.2 Å². The van der Waals surface area contributed by atoms with Gasteiger partial charge in [-0.3, -0.25) is 9.48 Å². The highest BCUT2D eigenvalue weighted by molar-refractivity contribution is 9.09. The third kappa shape index (κ3) is 2.04. The molecule has 2 rings (SSSR count). The number of carbonyl (C=O) groups is 1. The number of amides is 1. The molecule has 1 fully saturated rings. The highest BCUT2D eigenvalue weighted by Gasteiger charge is 2.31. The first-order valence-electron chi connectivity index (χ1n) is 4.87. The summed E-state index contributed by atoms with van der Waals surface area (Å²) < 4.78 is 1.54. The van der Waals surface area contributed by atoms with Gasteiger partial charge in [0.25, 0.3) is 5.91 Å². The second kappa shape index (κ2) is 3.92. The van der Waals surface area contributed by atoms with Gasteiger partial charge >= 0.3 is 0 Å². The van der Waals surface area contributed by atoms with Gasteiger partial charge in [0.15, 0.2) is 5.69 Å². The SMILES string of the molecule is CC1CN(C(=O)c2cn(C)nn2)CC1Br. The Morgan fingerprint density at radius 1 is 1.60 bits per heavy atom. The molecular weight excluding hydrogens is 260 g/mol. The van der Waals surface area contributed by atoms with Crippen LogP contribution < -0.4 is 0 Å². The Morgan fingerprint density at radius 3 is 2.80 bits per heavy atom. The van der Waals surface area contributed by atoms with Crippen molar-refractivity contribution in [3.05, 3.63) is 11.9 Å². The van der Waals surface area contributed by atoms with Crippen LogP contribution in [0.3, 0.4) is 0 Å². The van der Waals surface area contributed by atoms with Crippen LogP contribution in [0, 0.1) is 5.92 Å². The fraction of sp³-hybridized carbons (Fsp3) is 0.667. The van der Waals surface area contributed by atoms with E-state index in [1.54, 1.807) is 17.9 Å². The van der Waals surface area contributed by atoms with E-state index in [9.17, 15) is 4.79 Å². The first-order chi connectivity index (χ1) is 7.08. The number of likely N-dealkylation sites (tertiary alicyclic amines) is 1. The van der Waals surface area contributed by atoms with Crippen molar-refractivity contribution in [3.8, 4) is 0 Å². The number of carbonyl (C=O) groups excluding carboxylic acids is 1. The molecule has 1 aliphatic heterocycles. The summed E-state index contributed by atoms with van der Waals surface area (Å²) in [5, 5.41) is 7.57. The summed E-state index contributed by atoms with van der Waals surface area (Å²) in [4.78, 5) is 14.1. The third-order valence-electron chi connectivity index (χ3n) is 2.63. The van der Waals surface area contributed by atoms with Crippen molar-refractivity contribution < 1.29 is 4.79 Å². The highest BCUT2D eigenvalue weighted by Crippen LogP contribution is 2.23. The largest absolute Gasteiger partial charge is 0.336 e. The Labute approximate surface area is 96.6 Å². The van der Waals surface area contributed by atoms with Crippen LogP contribution in [-0.4, -0.2) is 43.7 Å². The van der Waals surface area contributed by atoms with E-state index in [-0.39, 0.29) is 5.91 Å². The number of hydrogen-bond donors (Lipinski definition) is 0. The number of hydrogen-bond acceptors (Lipinski definition) is 3. The number of aromatic nitrogens is 3. The van der Waals surface area contributed by atoms with E-state index in [0.717, 1.165) is 13.1 Å². The fourth-order valence-corrected chi connectivity index (χ4v) is 2.22. The maximum Gasteiger partial charge on any atom is 0.276 e. The first-order valence-corrected chi connectivity index (χ1v) is 5.79. The molecule has 15 heavy (non-hydrogen) atoms. The van der Waals surface area contributed by atoms with E-state index in [0.29, 0.717) is 16.4 Å². The molecule has 2 unspecified atom stereocenters. The van der Waals surface area contributed by atoms with Crippen LogP contribution >= 0.6 is 15.9 Å². The molecule has 0 radical (unpaired) electrons. The summed E-state index contributed by atoms with van der Waals surface area (Å²) in [6, 6.07) is 0. The molecule has 0 aromatic carbocycles. The number of aryl methyl sites for hydroxylation is 1. The second-order valence-corrected chi connectivity index (χ2v) is 5.16. The molecular formula is C9H13BrN4O. The van der Waals surface area contributed by atoms with Crippen molar-refractivity contribution in [3.63, 3.8) is 0 Å². The van der Waals surface area contributed by atoms with Gasteiger partial charge in [0, 0.05) is 25.0 Å². The van der Waals surface area contributed by atoms with Crippen LogP contribution in [0.1, 0.15) is 17.4 Å². The predicted molar refractivity (Wildman–Crippen MR) is 58.8 cm³/mol. The molecule has 2 heterocycles. The first kappa shape index (κ1) is 10.6. The average Bonchev–Trinajstić information content (AvgIpc) is 2.74. The smallest absolute Gasteiger partial charge is 0.276 e. The molecule has 0 spiro atoms. The molecule has 1 amide bonds. The number of halogens is 1. The van der Waals surface area contributed by atoms with Gasteiger partial charge in [-0.05, 0) is 5.92 Å². The zero-order valence-corrected chi connectivity index (χ0v) is 10.3. The van der Waals surface area contributed by atoms with Gasteiger partial charge in [-0.2, -0.15) is 0 Å². The van der Waals surface area contributed by atoms with Gasteiger partial charge in [0.2, 0.25) is 0 Å². The van der Waals surface area contributed by atoms with E-state index in [1.807, 2.05) is 4.90 Å². The van der Waals surface area contributed by atoms with E-state index in [4.69, 9.17) is 0 Å². The molecule has 0 aliphatic carbocycles. The van der Waals surface area contributed by atoms with Crippen molar-refractivity contribution in [2.75, 3.05) is 13.1 Å². The summed E-state index contributed by atoms with van der Waals surface area (Å²) in [5.41, 5.74) is 0.423. The molecule has 6 heteroatoms. The minimum atomic E-state index is -0.0306. The summed E-state index contributed by atoms with van der Waals surface area (Å²) in [7, 11) is 1.75. The second-order valence-electron chi connectivity index (χ2n) is 3.98. The van der Waals surface area contributed by atoms with Crippen LogP contribution in [0.15, 0.2) is 6.20 Å². The fourth-order valence-electron chi connectivity index (χ4n) is 1.70. The highest BCUT2D eigenvalue weighted by atomic mass is 79.9. The lowest BCUT2D eigenvalue weighted by Gasteiger charge is -2.13. The van der Waals surface area contributed by atoms with Crippen LogP contribution in [-0.2, 0) is 7.05 Å². The molecule has 1 aromatic rings. The van der Waals surface area contributed by atoms with Gasteiger partial charge in [-0.25, -0.2) is 0 Å². The molecule has 0 N–H and O–H groups in total. The summed E-state index contributed by atoms with van der Waals surface area (Å²) in [6.45, 7) is 3.66. The van der Waals surface area contributed by atoms with Gasteiger partial charge < -0.3 is 4.90 Å². The number of rotatable bonds is 1. The molecule has 0 bridgehead atoms. The van der Waals surface area contributed by atoms with Crippen LogP contribution in [0.5, 0.6) is 0 Å². The molecule has 82 valence electrons. The normalized spacial score (nSPS) is 25.9. The van der Waals surface area contributed by atoms with Crippen LogP contribution in [0.4, 0.5) is 0 Å². The van der Waals surface area contributed by atoms with Crippen molar-refractivity contribution in [2.24, 2.45) is 13.0 Å². The topological polar surface area (TPSA) is 51.0 Å². The maximum atomic E-state index is 11.9. The quantitative estimate of drug-likeness (QED) is 0.707. The van der Waals surface area contributed by atoms with Crippen molar-refractivity contribution in [1.82, 2.24) is 19.9 Å². The maximum absolute atomic E-state index is 11.9. The minimum Gasteiger partial charge on any atom is -0.336 e. The molecule has 2 atom stereocenters. The van der Waals surface area contributed by atoms with Gasteiger partial charge in [0.1, 0.15) is 0 Å². The summed E-state index contributed by atoms with van der Waals surface area (Å²) in [6.07, 6.45) is 1.65. The zero-order chi connectivity index (χ0) is 11.0. The third-order valence-corrected chi connectivity index (χ3v) is 3.82. The van der Waals surface area contributed by atoms with E-state index >= 15 is 0 Å². The molecule has 1 aliphatic rings. The Kier molecular flexibility index (Phi) is 2.77. The molecule has 1 aromatic heterocycles. The van der Waals surface area contributed by atoms with Crippen LogP contribution in [0.25, 0.3) is 0 Å². The van der Waals surface area contributed by atoms with Crippen LogP contribution in [0.2, 0.25) is 0 Å². The molecule has 5 nitrogen and oxygen atoms in total. The molecule has 1 saturated heterocycles. The van der Waals surface area contributed by atoms with E-state index < -0.39 is 0 Å². The Balaban J connectivity index is 2.10.